The Hall–Kier alpha value is -2.87. The molecule has 8 nitrogen and oxygen atoms in total. The molecule has 2 heterocycles. The molecule has 1 amide bonds. The first-order valence-corrected chi connectivity index (χ1v) is 11.6. The fourth-order valence-corrected chi connectivity index (χ4v) is 3.95. The van der Waals surface area contributed by atoms with E-state index in [1.807, 2.05) is 31.2 Å². The van der Waals surface area contributed by atoms with E-state index in [4.69, 9.17) is 11.6 Å². The summed E-state index contributed by atoms with van der Waals surface area (Å²) in [6.45, 7) is 4.84. The summed E-state index contributed by atoms with van der Waals surface area (Å²) in [5, 5.41) is 3.03. The number of carbonyl (C=O) groups excluding carboxylic acids is 1. The summed E-state index contributed by atoms with van der Waals surface area (Å²) in [4.78, 5) is 45.1. The lowest BCUT2D eigenvalue weighted by atomic mass is 10.1. The Labute approximate surface area is 191 Å². The van der Waals surface area contributed by atoms with Crippen molar-refractivity contribution >= 4 is 34.4 Å². The number of fused-ring (bicyclic) bond motifs is 1. The summed E-state index contributed by atoms with van der Waals surface area (Å²) in [7, 11) is 0. The number of hydrogen-bond acceptors (Lipinski definition) is 4. The second kappa shape index (κ2) is 11.1. The Bertz CT molecular complexity index is 1190. The van der Waals surface area contributed by atoms with E-state index in [9.17, 15) is 14.4 Å². The smallest absolute Gasteiger partial charge is 0.326 e. The number of hydrogen-bond donors (Lipinski definition) is 2. The van der Waals surface area contributed by atoms with Crippen LogP contribution in [-0.2, 0) is 24.3 Å². The molecule has 0 aliphatic heterocycles. The number of aromatic nitrogens is 4. The van der Waals surface area contributed by atoms with Crippen LogP contribution in [0.1, 0.15) is 57.9 Å². The van der Waals surface area contributed by atoms with E-state index in [1.165, 1.54) is 9.13 Å². The third-order valence-corrected chi connectivity index (χ3v) is 5.70. The lowest BCUT2D eigenvalue weighted by Gasteiger charge is -2.12. The van der Waals surface area contributed by atoms with Crippen LogP contribution in [0.15, 0.2) is 33.9 Å². The number of carbonyl (C=O) groups is 1. The number of aryl methyl sites for hydroxylation is 2. The number of rotatable bonds is 11. The molecule has 172 valence electrons. The zero-order valence-electron chi connectivity index (χ0n) is 18.6. The van der Waals surface area contributed by atoms with Gasteiger partial charge in [-0.3, -0.25) is 18.7 Å². The minimum Gasteiger partial charge on any atom is -0.326 e. The first-order valence-electron chi connectivity index (χ1n) is 11.2. The monoisotopic (exact) mass is 459 g/mol. The quantitative estimate of drug-likeness (QED) is 0.333. The maximum absolute atomic E-state index is 13.0. The third-order valence-electron chi connectivity index (χ3n) is 5.53. The predicted octanol–water partition coefficient (Wildman–Crippen LogP) is 4.10. The summed E-state index contributed by atoms with van der Waals surface area (Å²) < 4.78 is 2.73. The molecule has 0 saturated heterocycles. The first-order chi connectivity index (χ1) is 15.5. The minimum atomic E-state index is -0.433. The van der Waals surface area contributed by atoms with Crippen LogP contribution in [-0.4, -0.2) is 25.0 Å². The number of anilines is 1. The van der Waals surface area contributed by atoms with Crippen molar-refractivity contribution in [2.75, 3.05) is 5.32 Å². The van der Waals surface area contributed by atoms with Gasteiger partial charge in [-0.1, -0.05) is 44.9 Å². The number of nitrogens with zero attached hydrogens (tertiary/aromatic N) is 3. The molecule has 0 bridgehead atoms. The molecule has 0 radical (unpaired) electrons. The van der Waals surface area contributed by atoms with Crippen molar-refractivity contribution in [3.05, 3.63) is 56.0 Å². The van der Waals surface area contributed by atoms with Gasteiger partial charge in [-0.15, -0.1) is 0 Å². The van der Waals surface area contributed by atoms with E-state index >= 15 is 0 Å². The Kier molecular flexibility index (Phi) is 8.27. The van der Waals surface area contributed by atoms with Crippen LogP contribution in [0.5, 0.6) is 0 Å². The van der Waals surface area contributed by atoms with Gasteiger partial charge in [0.2, 0.25) is 11.2 Å². The fraction of sp³-hybridized carbons (Fsp3) is 0.478. The number of H-pyrrole nitrogens is 1. The van der Waals surface area contributed by atoms with Crippen LogP contribution in [0.25, 0.3) is 11.2 Å². The van der Waals surface area contributed by atoms with Crippen LogP contribution >= 0.6 is 11.6 Å². The van der Waals surface area contributed by atoms with Crippen molar-refractivity contribution in [3.8, 4) is 0 Å². The van der Waals surface area contributed by atoms with E-state index in [0.717, 1.165) is 36.9 Å². The SMILES string of the molecule is CCCCCn1c(=O)n(CCCCC(=O)Nc2ccccc2CC)c(=O)c2[nH]c(Cl)nc21. The molecule has 0 aliphatic carbocycles. The minimum absolute atomic E-state index is 0.0778. The van der Waals surface area contributed by atoms with Crippen LogP contribution in [0.2, 0.25) is 5.28 Å². The lowest BCUT2D eigenvalue weighted by Crippen LogP contribution is -2.40. The topological polar surface area (TPSA) is 102 Å². The van der Waals surface area contributed by atoms with Gasteiger partial charge in [-0.2, -0.15) is 4.98 Å². The van der Waals surface area contributed by atoms with Crippen molar-refractivity contribution in [2.45, 2.75) is 71.9 Å². The zero-order valence-corrected chi connectivity index (χ0v) is 19.4. The highest BCUT2D eigenvalue weighted by molar-refractivity contribution is 6.28. The van der Waals surface area contributed by atoms with Gasteiger partial charge in [-0.05, 0) is 48.9 Å². The number of imidazole rings is 1. The standard InChI is InChI=1S/C23H30ClN5O3/c1-3-5-9-14-28-20-19(26-22(24)27-20)21(31)29(23(28)32)15-10-8-13-18(30)25-17-12-7-6-11-16(17)4-2/h6-7,11-12H,3-5,8-10,13-15H2,1-2H3,(H,25,30)(H,26,27). The average Bonchev–Trinajstić information content (AvgIpc) is 3.17. The molecule has 0 saturated carbocycles. The Morgan fingerprint density at radius 2 is 1.78 bits per heavy atom. The Balaban J connectivity index is 1.67. The summed E-state index contributed by atoms with van der Waals surface area (Å²) in [5.74, 6) is -0.0778. The second-order valence-corrected chi connectivity index (χ2v) is 8.20. The van der Waals surface area contributed by atoms with Crippen LogP contribution in [0, 0.1) is 0 Å². The molecule has 32 heavy (non-hydrogen) atoms. The van der Waals surface area contributed by atoms with Gasteiger partial charge in [-0.25, -0.2) is 4.79 Å². The van der Waals surface area contributed by atoms with Crippen LogP contribution in [0.3, 0.4) is 0 Å². The van der Waals surface area contributed by atoms with E-state index in [-0.39, 0.29) is 28.9 Å². The molecule has 3 aromatic rings. The molecular formula is C23H30ClN5O3. The molecular weight excluding hydrogens is 430 g/mol. The molecule has 3 rings (SSSR count). The maximum atomic E-state index is 13.0. The summed E-state index contributed by atoms with van der Waals surface area (Å²) in [6.07, 6.45) is 5.04. The number of halogens is 1. The first kappa shape index (κ1) is 23.8. The van der Waals surface area contributed by atoms with Gasteiger partial charge in [0.15, 0.2) is 11.2 Å². The normalized spacial score (nSPS) is 11.2. The van der Waals surface area contributed by atoms with Gasteiger partial charge in [0.05, 0.1) is 0 Å². The van der Waals surface area contributed by atoms with Crippen molar-refractivity contribution < 1.29 is 4.79 Å². The molecule has 0 fully saturated rings. The third kappa shape index (κ3) is 5.48. The number of aromatic amines is 1. The molecule has 9 heteroatoms. The second-order valence-electron chi connectivity index (χ2n) is 7.84. The lowest BCUT2D eigenvalue weighted by molar-refractivity contribution is -0.116. The molecule has 0 unspecified atom stereocenters. The number of para-hydroxylation sites is 1. The van der Waals surface area contributed by atoms with Gasteiger partial charge >= 0.3 is 5.69 Å². The largest absolute Gasteiger partial charge is 0.332 e. The summed E-state index contributed by atoms with van der Waals surface area (Å²) >= 11 is 5.97. The van der Waals surface area contributed by atoms with Crippen LogP contribution < -0.4 is 16.6 Å². The number of unbranched alkanes of at least 4 members (excludes halogenated alkanes) is 3. The van der Waals surface area contributed by atoms with Crippen LogP contribution in [0.4, 0.5) is 5.69 Å². The highest BCUT2D eigenvalue weighted by atomic mass is 35.5. The molecule has 2 N–H and O–H groups in total. The maximum Gasteiger partial charge on any atom is 0.332 e. The highest BCUT2D eigenvalue weighted by Crippen LogP contribution is 2.16. The number of nitrogens with one attached hydrogen (secondary N) is 2. The van der Waals surface area contributed by atoms with E-state index in [2.05, 4.69) is 22.2 Å². The van der Waals surface area contributed by atoms with Crippen molar-refractivity contribution in [3.63, 3.8) is 0 Å². The zero-order chi connectivity index (χ0) is 23.1. The van der Waals surface area contributed by atoms with Gasteiger partial charge in [0, 0.05) is 25.2 Å². The average molecular weight is 460 g/mol. The molecule has 0 spiro atoms. The Morgan fingerprint density at radius 1 is 1.06 bits per heavy atom. The molecule has 2 aromatic heterocycles. The molecule has 0 atom stereocenters. The molecule has 1 aromatic carbocycles. The van der Waals surface area contributed by atoms with E-state index in [1.54, 1.807) is 0 Å². The summed E-state index contributed by atoms with van der Waals surface area (Å²) in [6, 6.07) is 7.73. The van der Waals surface area contributed by atoms with Crippen molar-refractivity contribution in [1.29, 1.82) is 0 Å². The van der Waals surface area contributed by atoms with Gasteiger partial charge < -0.3 is 10.3 Å². The van der Waals surface area contributed by atoms with Gasteiger partial charge in [0.1, 0.15) is 0 Å². The number of benzene rings is 1. The summed E-state index contributed by atoms with van der Waals surface area (Å²) in [5.41, 5.74) is 1.63. The number of amides is 1. The molecule has 0 aliphatic rings. The van der Waals surface area contributed by atoms with Gasteiger partial charge in [0.25, 0.3) is 5.56 Å². The van der Waals surface area contributed by atoms with E-state index in [0.29, 0.717) is 31.5 Å². The fourth-order valence-electron chi connectivity index (χ4n) is 3.78. The van der Waals surface area contributed by atoms with E-state index < -0.39 is 5.56 Å². The van der Waals surface area contributed by atoms with Crippen molar-refractivity contribution in [2.24, 2.45) is 0 Å². The Morgan fingerprint density at radius 3 is 2.53 bits per heavy atom. The van der Waals surface area contributed by atoms with Crippen molar-refractivity contribution in [1.82, 2.24) is 19.1 Å². The highest BCUT2D eigenvalue weighted by Gasteiger charge is 2.16. The predicted molar refractivity (Wildman–Crippen MR) is 127 cm³/mol.